The maximum Gasteiger partial charge on any atom is 0.498 e. The van der Waals surface area contributed by atoms with Crippen LogP contribution in [0.25, 0.3) is 54.6 Å². The fourth-order valence-electron chi connectivity index (χ4n) is 13.3. The van der Waals surface area contributed by atoms with E-state index in [-0.39, 0.29) is 117 Å². The number of allylic oxidation sites excluding steroid dienone is 2. The summed E-state index contributed by atoms with van der Waals surface area (Å²) in [6.45, 7) is 27.7. The van der Waals surface area contributed by atoms with Gasteiger partial charge < -0.3 is 53.3 Å². The Morgan fingerprint density at radius 2 is 0.709 bits per heavy atom. The second-order valence-electron chi connectivity index (χ2n) is 33.6. The van der Waals surface area contributed by atoms with Gasteiger partial charge in [0.1, 0.15) is 46.3 Å². The minimum absolute atomic E-state index is 0. The molecular weight excluding hydrogens is 2120 g/mol. The number of fused-ring (bicyclic) bond motifs is 3. The van der Waals surface area contributed by atoms with Gasteiger partial charge in [-0.2, -0.15) is 0 Å². The molecule has 28 nitrogen and oxygen atoms in total. The van der Waals surface area contributed by atoms with Crippen molar-refractivity contribution >= 4 is 169 Å². The number of rotatable bonds is 24. The van der Waals surface area contributed by atoms with Crippen molar-refractivity contribution in [2.75, 3.05) is 42.9 Å². The fourth-order valence-corrected chi connectivity index (χ4v) is 15.6. The van der Waals surface area contributed by atoms with Crippen LogP contribution in [0.15, 0.2) is 281 Å². The Morgan fingerprint density at radius 3 is 1.05 bits per heavy atom. The number of halogens is 11. The van der Waals surface area contributed by atoms with Gasteiger partial charge in [0.05, 0.1) is 45.4 Å². The molecule has 2 aliphatic heterocycles. The van der Waals surface area contributed by atoms with Crippen LogP contribution in [-0.2, 0) is 62.5 Å². The first-order chi connectivity index (χ1) is 68.4. The minimum atomic E-state index is -3.64. The molecule has 5 heterocycles. The van der Waals surface area contributed by atoms with Crippen molar-refractivity contribution in [1.82, 2.24) is 14.5 Å². The zero-order valence-electron chi connectivity index (χ0n) is 80.0. The first-order valence-electron chi connectivity index (χ1n) is 43.9. The molecule has 0 saturated carbocycles. The summed E-state index contributed by atoms with van der Waals surface area (Å²) in [4.78, 5) is 63.6. The van der Waals surface area contributed by atoms with Crippen molar-refractivity contribution in [3.8, 4) is 68.2 Å². The summed E-state index contributed by atoms with van der Waals surface area (Å²) >= 11 is 8.07. The number of nitrogens with zero attached hydrogens (tertiary/aromatic N) is 1. The number of benzene rings is 11. The highest BCUT2D eigenvalue weighted by molar-refractivity contribution is 9.10. The van der Waals surface area contributed by atoms with Crippen molar-refractivity contribution in [2.45, 2.75) is 120 Å². The number of nitrogens with two attached hydrogens (primary N) is 1. The normalized spacial score (nSPS) is 13.5. The smallest absolute Gasteiger partial charge is 0.455 e. The van der Waals surface area contributed by atoms with Crippen LogP contribution >= 0.6 is 38.2 Å². The van der Waals surface area contributed by atoms with Gasteiger partial charge in [0.15, 0.2) is 46.3 Å². The van der Waals surface area contributed by atoms with Crippen molar-refractivity contribution in [1.29, 1.82) is 0 Å². The van der Waals surface area contributed by atoms with Gasteiger partial charge in [-0.15, -0.1) is 0 Å². The number of H-pyrrole nitrogens is 2. The summed E-state index contributed by atoms with van der Waals surface area (Å²) in [5.74, 6) is -7.48. The summed E-state index contributed by atoms with van der Waals surface area (Å²) in [6.07, 6.45) is 6.45. The Morgan fingerprint density at radius 1 is 0.412 bits per heavy atom. The lowest BCUT2D eigenvalue weighted by Gasteiger charge is -2.32. The molecule has 2 saturated heterocycles. The van der Waals surface area contributed by atoms with Gasteiger partial charge in [0, 0.05) is 135 Å². The van der Waals surface area contributed by atoms with E-state index in [1.807, 2.05) is 73.6 Å². The number of nitrogens with one attached hydrogen (secondary N) is 5. The number of aromatic amines is 2. The molecule has 2 aliphatic rings. The van der Waals surface area contributed by atoms with Crippen molar-refractivity contribution in [3.63, 3.8) is 0 Å². The van der Waals surface area contributed by atoms with Crippen molar-refractivity contribution in [3.05, 3.63) is 344 Å². The number of hydrogen-bond donors (Lipinski definition) is 6. The monoisotopic (exact) mass is 2230 g/mol. The largest absolute Gasteiger partial charge is 0.498 e. The van der Waals surface area contributed by atoms with Gasteiger partial charge in [0.2, 0.25) is 44.4 Å². The van der Waals surface area contributed by atoms with Crippen LogP contribution in [0.4, 0.5) is 57.9 Å². The number of aromatic nitrogens is 3. The third-order valence-electron chi connectivity index (χ3n) is 22.4. The quantitative estimate of drug-likeness (QED) is 0.0108. The van der Waals surface area contributed by atoms with E-state index in [9.17, 15) is 92.8 Å². The number of carbonyl (C=O) groups is 2. The fraction of sp³-hybridized carbons (Fsp3) is 0.214. The van der Waals surface area contributed by atoms with E-state index in [0.717, 1.165) is 69.0 Å². The molecule has 14 aromatic rings. The van der Waals surface area contributed by atoms with E-state index in [1.165, 1.54) is 113 Å². The molecule has 7 N–H and O–H groups in total. The van der Waals surface area contributed by atoms with Gasteiger partial charge in [-0.05, 0) is 266 Å². The predicted octanol–water partition coefficient (Wildman–Crippen LogP) is 22.9. The first kappa shape index (κ1) is 120. The number of nitrogen functional groups attached to an aromatic ring is 1. The van der Waals surface area contributed by atoms with Crippen LogP contribution in [0.5, 0.6) is 46.0 Å². The van der Waals surface area contributed by atoms with Crippen LogP contribution in [0.1, 0.15) is 103 Å². The summed E-state index contributed by atoms with van der Waals surface area (Å²) in [5, 5.41) is 2.82. The summed E-state index contributed by atoms with van der Waals surface area (Å²) in [6, 6.07) is 50.8. The molecule has 3 aromatic heterocycles. The highest BCUT2D eigenvalue weighted by atomic mass is 79.9. The average Bonchev–Trinajstić information content (AvgIpc) is 0.844. The number of anilines is 4. The maximum atomic E-state index is 14.4. The van der Waals surface area contributed by atoms with Crippen LogP contribution in [0, 0.1) is 46.5 Å². The van der Waals surface area contributed by atoms with Gasteiger partial charge in [-0.25, -0.2) is 73.4 Å². The second-order valence-corrected chi connectivity index (χ2v) is 43.9. The van der Waals surface area contributed by atoms with Gasteiger partial charge in [-0.3, -0.25) is 38.1 Å². The molecule has 0 unspecified atom stereocenters. The van der Waals surface area contributed by atoms with E-state index < -0.39 is 139 Å². The number of sulfonamides is 3. The molecule has 45 heteroatoms. The molecule has 0 aliphatic carbocycles. The highest BCUT2D eigenvalue weighted by Gasteiger charge is 2.54. The topological polar surface area (TPSA) is 394 Å². The van der Waals surface area contributed by atoms with Crippen molar-refractivity contribution < 1.29 is 116 Å². The number of ether oxygens (including phenoxy) is 4. The summed E-state index contributed by atoms with van der Waals surface area (Å²) in [7, 11) is -10.8. The van der Waals surface area contributed by atoms with Crippen LogP contribution in [0.2, 0.25) is 0 Å². The Balaban J connectivity index is 0.000000224. The Kier molecular flexibility index (Phi) is 40.9. The Bertz CT molecular complexity index is 7950. The molecule has 784 valence electrons. The molecule has 0 amide bonds. The molecule has 2 fully saturated rings. The molecular formula is C103H104B2BrCl2F8N7O21S4. The Labute approximate surface area is 868 Å². The van der Waals surface area contributed by atoms with Crippen molar-refractivity contribution in [2.24, 2.45) is 0 Å². The SMILES string of the molecule is C.C.C=CC(=O)Cl.C=CC(=O)n1cc(-c2cc(NS(=O)(=O)CC)ccc2Oc2ccc(F)cc2F)c2ccccc2c1=O.CC1(C)OB(c2cc(N)ccc2Oc2ccc(F)cc2F)OC1(C)C.CCS(=O)(=O)Cl.CCS(=O)(=O)Nc1ccc(Oc2ccc(F)cc2F)c(-c2c[nH]c(=O)c3ccccc23)c1.CCS(=O)(=O)Nc1ccc(Oc2ccc(F)cc2F)c(B2OC(C)(C)C(C)(C)O2)c1.O=c1[nH]cc(Br)c2ccccc12. The minimum Gasteiger partial charge on any atom is -0.455 e. The zero-order chi connectivity index (χ0) is 108. The molecule has 16 rings (SSSR count). The number of pyridine rings is 3. The molecule has 148 heavy (non-hydrogen) atoms. The summed E-state index contributed by atoms with van der Waals surface area (Å²) in [5.41, 5.74) is 6.22. The molecule has 0 radical (unpaired) electrons. The third-order valence-corrected chi connectivity index (χ3v) is 28.5. The van der Waals surface area contributed by atoms with E-state index in [0.29, 0.717) is 78.8 Å². The van der Waals surface area contributed by atoms with Gasteiger partial charge in [-0.1, -0.05) is 89.5 Å². The molecule has 0 atom stereocenters. The van der Waals surface area contributed by atoms with Gasteiger partial charge in [0.25, 0.3) is 22.6 Å². The standard InChI is InChI=1S/C26H20F2N2O5S.C23H18F2N2O4S.C20H24BF2NO5S.C18H20BF2NO3.C9H6BrNO.C3H3ClO.C2H5ClO2S.2CH4/c1-3-25(31)30-15-21(18-7-5-6-8-19(18)26(30)32)20-14-17(29-36(33,34)4-2)10-12-23(20)35-24-11-9-16(27)13-22(24)28;1-2-32(29,30)27-15-8-10-21(31-22-9-7-14(24)11-20(22)25)18(12-15)19-13-26-23(28)17-6-4-3-5-16(17)19;1-6-30(25,26)24-14-8-10-17(27-18-9-7-13(22)11-16(18)23)15(12-14)21-28-19(2,3)20(4,5)29-21;1-17(2)18(3,4)25-19(24-17)13-10-12(22)6-8-15(13)23-16-7-5-11(20)9-14(16)21;10-8-5-11-9(12)7-4-2-1-3-6(7)8;1-2-3(4)5;1-2-6(3,4)5;;/h3,5-15,29H,1,4H2,2H3;3-13,27H,2H2,1H3,(H,26,28);7-12,24H,6H2,1-5H3;5-10H,22H2,1-4H3;1-5H,(H,11,12);2H,1H2;2H2,1H3;2*1H4. The lowest BCUT2D eigenvalue weighted by Crippen LogP contribution is -2.41. The maximum absolute atomic E-state index is 14.4. The summed E-state index contributed by atoms with van der Waals surface area (Å²) < 4.78 is 258. The third kappa shape index (κ3) is 31.3. The van der Waals surface area contributed by atoms with E-state index in [1.54, 1.807) is 72.9 Å². The number of carbonyl (C=O) groups excluding carboxylic acids is 2. The first-order valence-corrected chi connectivity index (χ1v) is 52.5. The van der Waals surface area contributed by atoms with Crippen LogP contribution in [-0.4, -0.2) is 119 Å². The number of hydrogen-bond acceptors (Lipinski definition) is 22. The van der Waals surface area contributed by atoms with E-state index in [4.69, 9.17) is 54.9 Å². The molecule has 0 spiro atoms. The Hall–Kier alpha value is -13.5. The van der Waals surface area contributed by atoms with Crippen LogP contribution < -0.4 is 66.5 Å². The lowest BCUT2D eigenvalue weighted by molar-refractivity contribution is -0.107. The van der Waals surface area contributed by atoms with E-state index in [2.05, 4.69) is 63.9 Å². The zero-order valence-corrected chi connectivity index (χ0v) is 86.3. The predicted molar refractivity (Wildman–Crippen MR) is 570 cm³/mol. The van der Waals surface area contributed by atoms with Crippen LogP contribution in [0.3, 0.4) is 0 Å². The van der Waals surface area contributed by atoms with Gasteiger partial charge >= 0.3 is 14.2 Å². The lowest BCUT2D eigenvalue weighted by atomic mass is 9.78. The highest BCUT2D eigenvalue weighted by Crippen LogP contribution is 2.45. The van der Waals surface area contributed by atoms with E-state index >= 15 is 0 Å². The molecule has 11 aromatic carbocycles. The second kappa shape index (κ2) is 50.5. The molecule has 0 bridgehead atoms. The average molecular weight is 2230 g/mol.